The normalized spacial score (nSPS) is 12.8. The number of carbonyl (C=O) groups excluding carboxylic acids is 2. The maximum Gasteiger partial charge on any atom is 0.407 e. The Morgan fingerprint density at radius 3 is 1.83 bits per heavy atom. The minimum atomic E-state index is -0.758. The number of hydrogen-bond acceptors (Lipinski definition) is 3. The maximum atomic E-state index is 13.1. The second kappa shape index (κ2) is 10.9. The Morgan fingerprint density at radius 1 is 0.694 bits per heavy atom. The number of benzene rings is 4. The predicted molar refractivity (Wildman–Crippen MR) is 140 cm³/mol. The first kappa shape index (κ1) is 23.4. The fraction of sp³-hybridized carbons (Fsp3) is 0.161. The van der Waals surface area contributed by atoms with Gasteiger partial charge in [0, 0.05) is 18.9 Å². The average Bonchev–Trinajstić information content (AvgIpc) is 3.25. The molecule has 0 heterocycles. The number of nitrogens with one attached hydrogen (secondary N) is 2. The number of hydrogen-bond donors (Lipinski definition) is 2. The van der Waals surface area contributed by atoms with E-state index in [1.165, 1.54) is 11.1 Å². The minimum absolute atomic E-state index is 0.0392. The SMILES string of the molecule is O=C(NC(Cc1ccccc1)C(=O)NCc1ccccc1)OCC1c2ccccc2-c2ccccc21. The molecule has 5 heteroatoms. The number of ether oxygens (including phenoxy) is 1. The molecule has 0 aromatic heterocycles. The highest BCUT2D eigenvalue weighted by Crippen LogP contribution is 2.44. The largest absolute Gasteiger partial charge is 0.449 e. The summed E-state index contributed by atoms with van der Waals surface area (Å²) >= 11 is 0. The highest BCUT2D eigenvalue weighted by atomic mass is 16.5. The van der Waals surface area contributed by atoms with E-state index >= 15 is 0 Å². The lowest BCUT2D eigenvalue weighted by molar-refractivity contribution is -0.123. The van der Waals surface area contributed by atoms with Gasteiger partial charge in [-0.2, -0.15) is 0 Å². The molecule has 2 N–H and O–H groups in total. The van der Waals surface area contributed by atoms with Gasteiger partial charge >= 0.3 is 6.09 Å². The molecule has 1 aliphatic carbocycles. The molecule has 0 bridgehead atoms. The lowest BCUT2D eigenvalue weighted by atomic mass is 9.98. The third-order valence-electron chi connectivity index (χ3n) is 6.54. The number of carbonyl (C=O) groups is 2. The van der Waals surface area contributed by atoms with Gasteiger partial charge in [0.15, 0.2) is 0 Å². The zero-order valence-corrected chi connectivity index (χ0v) is 19.9. The van der Waals surface area contributed by atoms with Crippen LogP contribution in [0.5, 0.6) is 0 Å². The summed E-state index contributed by atoms with van der Waals surface area (Å²) < 4.78 is 5.69. The van der Waals surface area contributed by atoms with E-state index < -0.39 is 12.1 Å². The van der Waals surface area contributed by atoms with Crippen molar-refractivity contribution in [2.45, 2.75) is 24.9 Å². The second-order valence-corrected chi connectivity index (χ2v) is 8.92. The van der Waals surface area contributed by atoms with Crippen LogP contribution in [0.25, 0.3) is 11.1 Å². The van der Waals surface area contributed by atoms with Crippen LogP contribution in [-0.2, 0) is 22.5 Å². The number of amides is 2. The first-order valence-electron chi connectivity index (χ1n) is 12.2. The van der Waals surface area contributed by atoms with E-state index in [4.69, 9.17) is 4.74 Å². The molecule has 0 spiro atoms. The third kappa shape index (κ3) is 5.31. The third-order valence-corrected chi connectivity index (χ3v) is 6.54. The van der Waals surface area contributed by atoms with Crippen molar-refractivity contribution in [2.75, 3.05) is 6.61 Å². The average molecular weight is 477 g/mol. The lowest BCUT2D eigenvalue weighted by Crippen LogP contribution is -2.48. The molecular formula is C31H28N2O3. The van der Waals surface area contributed by atoms with Gasteiger partial charge < -0.3 is 15.4 Å². The fourth-order valence-corrected chi connectivity index (χ4v) is 4.75. The molecule has 4 aromatic carbocycles. The van der Waals surface area contributed by atoms with E-state index in [0.717, 1.165) is 22.3 Å². The molecule has 180 valence electrons. The quantitative estimate of drug-likeness (QED) is 0.355. The summed E-state index contributed by atoms with van der Waals surface area (Å²) in [7, 11) is 0. The van der Waals surface area contributed by atoms with Crippen molar-refractivity contribution in [3.05, 3.63) is 131 Å². The number of rotatable bonds is 8. The van der Waals surface area contributed by atoms with Gasteiger partial charge in [0.1, 0.15) is 12.6 Å². The van der Waals surface area contributed by atoms with Crippen molar-refractivity contribution in [1.29, 1.82) is 0 Å². The zero-order chi connectivity index (χ0) is 24.7. The molecule has 0 aliphatic heterocycles. The van der Waals surface area contributed by atoms with Crippen molar-refractivity contribution in [3.63, 3.8) is 0 Å². The highest BCUT2D eigenvalue weighted by Gasteiger charge is 2.29. The van der Waals surface area contributed by atoms with Crippen molar-refractivity contribution >= 4 is 12.0 Å². The fourth-order valence-electron chi connectivity index (χ4n) is 4.75. The van der Waals surface area contributed by atoms with Crippen LogP contribution in [0.4, 0.5) is 4.79 Å². The molecule has 5 rings (SSSR count). The van der Waals surface area contributed by atoms with Crippen LogP contribution in [0.2, 0.25) is 0 Å². The van der Waals surface area contributed by atoms with Crippen LogP contribution in [0.3, 0.4) is 0 Å². The Balaban J connectivity index is 1.26. The van der Waals surface area contributed by atoms with Gasteiger partial charge in [-0.3, -0.25) is 4.79 Å². The van der Waals surface area contributed by atoms with Crippen LogP contribution in [-0.4, -0.2) is 24.6 Å². The van der Waals surface area contributed by atoms with Crippen molar-refractivity contribution in [2.24, 2.45) is 0 Å². The Hall–Kier alpha value is -4.38. The first-order valence-corrected chi connectivity index (χ1v) is 12.2. The molecule has 4 aromatic rings. The molecule has 2 amide bonds. The van der Waals surface area contributed by atoms with Crippen LogP contribution in [0.1, 0.15) is 28.2 Å². The summed E-state index contributed by atoms with van der Waals surface area (Å²) in [6, 6.07) is 35.0. The molecule has 1 unspecified atom stereocenters. The van der Waals surface area contributed by atoms with Crippen LogP contribution < -0.4 is 10.6 Å². The van der Waals surface area contributed by atoms with E-state index in [0.29, 0.717) is 13.0 Å². The number of alkyl carbamates (subject to hydrolysis) is 1. The standard InChI is InChI=1S/C31H28N2O3/c34-30(32-20-23-13-5-2-6-14-23)29(19-22-11-3-1-4-12-22)33-31(35)36-21-28-26-17-9-7-15-24(26)25-16-8-10-18-27(25)28/h1-18,28-29H,19-21H2,(H,32,34)(H,33,35). The topological polar surface area (TPSA) is 67.4 Å². The van der Waals surface area contributed by atoms with E-state index in [2.05, 4.69) is 34.9 Å². The molecule has 1 aliphatic rings. The Labute approximate surface area is 211 Å². The molecule has 1 atom stereocenters. The Bertz CT molecular complexity index is 1290. The van der Waals surface area contributed by atoms with Gasteiger partial charge in [-0.25, -0.2) is 4.79 Å². The maximum absolute atomic E-state index is 13.1. The smallest absolute Gasteiger partial charge is 0.407 e. The van der Waals surface area contributed by atoms with E-state index in [1.54, 1.807) is 0 Å². The van der Waals surface area contributed by atoms with Crippen molar-refractivity contribution in [1.82, 2.24) is 10.6 Å². The van der Waals surface area contributed by atoms with Crippen LogP contribution in [0.15, 0.2) is 109 Å². The summed E-state index contributed by atoms with van der Waals surface area (Å²) in [5.74, 6) is -0.293. The number of fused-ring (bicyclic) bond motifs is 3. The van der Waals surface area contributed by atoms with Gasteiger partial charge in [-0.05, 0) is 33.4 Å². The molecule has 0 radical (unpaired) electrons. The molecule has 0 fully saturated rings. The lowest BCUT2D eigenvalue weighted by Gasteiger charge is -2.20. The highest BCUT2D eigenvalue weighted by molar-refractivity contribution is 5.86. The van der Waals surface area contributed by atoms with E-state index in [1.807, 2.05) is 84.9 Å². The molecule has 5 nitrogen and oxygen atoms in total. The summed E-state index contributed by atoms with van der Waals surface area (Å²) in [6.07, 6.45) is -0.237. The van der Waals surface area contributed by atoms with E-state index in [9.17, 15) is 9.59 Å². The minimum Gasteiger partial charge on any atom is -0.449 e. The van der Waals surface area contributed by atoms with Crippen molar-refractivity contribution < 1.29 is 14.3 Å². The van der Waals surface area contributed by atoms with Gasteiger partial charge in [0.2, 0.25) is 5.91 Å². The van der Waals surface area contributed by atoms with Crippen LogP contribution >= 0.6 is 0 Å². The molecule has 0 saturated carbocycles. The first-order chi connectivity index (χ1) is 17.7. The van der Waals surface area contributed by atoms with Gasteiger partial charge in [-0.15, -0.1) is 0 Å². The van der Waals surface area contributed by atoms with E-state index in [-0.39, 0.29) is 18.4 Å². The van der Waals surface area contributed by atoms with Crippen LogP contribution in [0, 0.1) is 0 Å². The van der Waals surface area contributed by atoms with Gasteiger partial charge in [-0.1, -0.05) is 109 Å². The Kier molecular flexibility index (Phi) is 7.08. The summed E-state index contributed by atoms with van der Waals surface area (Å²) in [4.78, 5) is 26.0. The molecular weight excluding hydrogens is 448 g/mol. The predicted octanol–water partition coefficient (Wildman–Crippen LogP) is 5.45. The molecule has 36 heavy (non-hydrogen) atoms. The second-order valence-electron chi connectivity index (χ2n) is 8.92. The monoisotopic (exact) mass is 476 g/mol. The Morgan fingerprint density at radius 2 is 1.22 bits per heavy atom. The van der Waals surface area contributed by atoms with Crippen molar-refractivity contribution in [3.8, 4) is 11.1 Å². The molecule has 0 saturated heterocycles. The summed E-state index contributed by atoms with van der Waals surface area (Å²) in [5.41, 5.74) is 6.58. The van der Waals surface area contributed by atoms with Gasteiger partial charge in [0.25, 0.3) is 0 Å². The summed E-state index contributed by atoms with van der Waals surface area (Å²) in [5, 5.41) is 5.74. The zero-order valence-electron chi connectivity index (χ0n) is 19.9. The van der Waals surface area contributed by atoms with Gasteiger partial charge in [0.05, 0.1) is 0 Å². The summed E-state index contributed by atoms with van der Waals surface area (Å²) in [6.45, 7) is 0.584.